The summed E-state index contributed by atoms with van der Waals surface area (Å²) in [6.07, 6.45) is 5.12. The Hall–Kier alpha value is -1.33. The van der Waals surface area contributed by atoms with E-state index in [-0.39, 0.29) is 11.5 Å². The van der Waals surface area contributed by atoms with Crippen molar-refractivity contribution in [3.63, 3.8) is 0 Å². The smallest absolute Gasteiger partial charge is 0.173 e. The van der Waals surface area contributed by atoms with Crippen molar-refractivity contribution in [3.05, 3.63) is 22.7 Å². The minimum absolute atomic E-state index is 0.0515. The zero-order valence-corrected chi connectivity index (χ0v) is 7.22. The fraction of sp³-hybridized carbons (Fsp3) is 0.111. The third-order valence-corrected chi connectivity index (χ3v) is 1.63. The molecule has 1 rings (SSSR count). The van der Waals surface area contributed by atoms with Crippen LogP contribution in [-0.4, -0.2) is 12.2 Å². The zero-order chi connectivity index (χ0) is 9.14. The molecule has 0 aliphatic rings. The highest BCUT2D eigenvalue weighted by atomic mass is 35.5. The van der Waals surface area contributed by atoms with Crippen LogP contribution in [0, 0.1) is 12.3 Å². The molecule has 0 aromatic heterocycles. The normalized spacial score (nSPS) is 9.08. The first-order chi connectivity index (χ1) is 5.69. The molecule has 0 aliphatic carbocycles. The zero-order valence-electron chi connectivity index (χ0n) is 6.47. The average Bonchev–Trinajstić information content (AvgIpc) is 2.08. The van der Waals surface area contributed by atoms with Gasteiger partial charge in [0.1, 0.15) is 0 Å². The molecule has 0 fully saturated rings. The molecule has 0 heterocycles. The number of ether oxygens (including phenoxy) is 1. The van der Waals surface area contributed by atoms with E-state index < -0.39 is 0 Å². The largest absolute Gasteiger partial charge is 0.503 e. The van der Waals surface area contributed by atoms with Crippen LogP contribution in [-0.2, 0) is 0 Å². The molecule has 0 bridgehead atoms. The molecule has 0 amide bonds. The second kappa shape index (κ2) is 3.38. The van der Waals surface area contributed by atoms with Gasteiger partial charge in [0.25, 0.3) is 0 Å². The maximum atomic E-state index is 9.39. The average molecular weight is 183 g/mol. The molecule has 0 saturated carbocycles. The van der Waals surface area contributed by atoms with Gasteiger partial charge in [-0.25, -0.2) is 0 Å². The molecule has 2 nitrogen and oxygen atoms in total. The van der Waals surface area contributed by atoms with Gasteiger partial charge in [0.05, 0.1) is 12.7 Å². The van der Waals surface area contributed by atoms with E-state index in [4.69, 9.17) is 22.8 Å². The minimum Gasteiger partial charge on any atom is -0.503 e. The summed E-state index contributed by atoms with van der Waals surface area (Å²) in [5, 5.41) is 9.83. The fourth-order valence-electron chi connectivity index (χ4n) is 0.840. The van der Waals surface area contributed by atoms with Crippen LogP contribution in [0.2, 0.25) is 5.02 Å². The van der Waals surface area contributed by atoms with Gasteiger partial charge in [-0.2, -0.15) is 0 Å². The number of methoxy groups -OCH3 is 1. The van der Waals surface area contributed by atoms with Crippen molar-refractivity contribution in [2.45, 2.75) is 0 Å². The van der Waals surface area contributed by atoms with Gasteiger partial charge in [-0.3, -0.25) is 0 Å². The summed E-state index contributed by atoms with van der Waals surface area (Å²) in [7, 11) is 1.44. The SMILES string of the molecule is C#Cc1cc(Cl)cc(OC)c1O. The summed E-state index contributed by atoms with van der Waals surface area (Å²) >= 11 is 5.69. The van der Waals surface area contributed by atoms with Crippen molar-refractivity contribution in [3.8, 4) is 23.8 Å². The molecule has 0 aliphatic heterocycles. The van der Waals surface area contributed by atoms with E-state index in [0.29, 0.717) is 10.6 Å². The van der Waals surface area contributed by atoms with E-state index in [9.17, 15) is 5.11 Å². The van der Waals surface area contributed by atoms with Crippen LogP contribution in [0.4, 0.5) is 0 Å². The van der Waals surface area contributed by atoms with Crippen molar-refractivity contribution < 1.29 is 9.84 Å². The fourth-order valence-corrected chi connectivity index (χ4v) is 1.05. The molecule has 3 heteroatoms. The highest BCUT2D eigenvalue weighted by Gasteiger charge is 2.07. The number of phenols is 1. The number of terminal acetylenes is 1. The summed E-state index contributed by atoms with van der Waals surface area (Å²) in [5.74, 6) is 2.53. The summed E-state index contributed by atoms with van der Waals surface area (Å²) < 4.78 is 4.84. The Morgan fingerprint density at radius 2 is 2.25 bits per heavy atom. The van der Waals surface area contributed by atoms with E-state index in [1.54, 1.807) is 0 Å². The molecule has 1 N–H and O–H groups in total. The number of aromatic hydroxyl groups is 1. The predicted octanol–water partition coefficient (Wildman–Crippen LogP) is 2.04. The quantitative estimate of drug-likeness (QED) is 0.674. The van der Waals surface area contributed by atoms with Crippen LogP contribution >= 0.6 is 11.6 Å². The van der Waals surface area contributed by atoms with Crippen molar-refractivity contribution in [1.82, 2.24) is 0 Å². The lowest BCUT2D eigenvalue weighted by molar-refractivity contribution is 0.373. The molecular weight excluding hydrogens is 176 g/mol. The first kappa shape index (κ1) is 8.76. The van der Waals surface area contributed by atoms with Gasteiger partial charge < -0.3 is 9.84 Å². The second-order valence-corrected chi connectivity index (χ2v) is 2.58. The molecule has 12 heavy (non-hydrogen) atoms. The lowest BCUT2D eigenvalue weighted by atomic mass is 10.2. The monoisotopic (exact) mass is 182 g/mol. The summed E-state index contributed by atoms with van der Waals surface area (Å²) in [4.78, 5) is 0. The van der Waals surface area contributed by atoms with Crippen LogP contribution in [0.25, 0.3) is 0 Å². The van der Waals surface area contributed by atoms with Gasteiger partial charge in [0.2, 0.25) is 0 Å². The molecule has 1 aromatic rings. The van der Waals surface area contributed by atoms with Crippen LogP contribution < -0.4 is 4.74 Å². The summed E-state index contributed by atoms with van der Waals surface area (Å²) in [5.41, 5.74) is 0.333. The van der Waals surface area contributed by atoms with Gasteiger partial charge in [-0.05, 0) is 6.07 Å². The van der Waals surface area contributed by atoms with Gasteiger partial charge in [0, 0.05) is 11.1 Å². The first-order valence-corrected chi connectivity index (χ1v) is 3.60. The summed E-state index contributed by atoms with van der Waals surface area (Å²) in [6, 6.07) is 3.00. The molecule has 1 aromatic carbocycles. The predicted molar refractivity (Wildman–Crippen MR) is 47.6 cm³/mol. The number of benzene rings is 1. The number of halogens is 1. The van der Waals surface area contributed by atoms with Gasteiger partial charge in [-0.15, -0.1) is 6.42 Å². The van der Waals surface area contributed by atoms with Crippen LogP contribution in [0.3, 0.4) is 0 Å². The molecule has 0 atom stereocenters. The molecule has 0 radical (unpaired) electrons. The maximum absolute atomic E-state index is 9.39. The Bertz CT molecular complexity index is 339. The minimum atomic E-state index is -0.0515. The molecule has 62 valence electrons. The second-order valence-electron chi connectivity index (χ2n) is 2.15. The van der Waals surface area contributed by atoms with Crippen molar-refractivity contribution >= 4 is 11.6 Å². The molecule has 0 saturated heterocycles. The number of hydrogen-bond acceptors (Lipinski definition) is 2. The van der Waals surface area contributed by atoms with Crippen molar-refractivity contribution in [1.29, 1.82) is 0 Å². The van der Waals surface area contributed by atoms with Crippen molar-refractivity contribution in [2.75, 3.05) is 7.11 Å². The molecular formula is C9H7ClO2. The van der Waals surface area contributed by atoms with Gasteiger partial charge >= 0.3 is 0 Å². The maximum Gasteiger partial charge on any atom is 0.173 e. The van der Waals surface area contributed by atoms with E-state index in [0.717, 1.165) is 0 Å². The van der Waals surface area contributed by atoms with E-state index in [2.05, 4.69) is 5.92 Å². The molecule has 0 spiro atoms. The van der Waals surface area contributed by atoms with Crippen LogP contribution in [0.5, 0.6) is 11.5 Å². The highest BCUT2D eigenvalue weighted by Crippen LogP contribution is 2.32. The summed E-state index contributed by atoms with van der Waals surface area (Å²) in [6.45, 7) is 0. The van der Waals surface area contributed by atoms with Crippen molar-refractivity contribution in [2.24, 2.45) is 0 Å². The Kier molecular flexibility index (Phi) is 2.47. The Morgan fingerprint density at radius 3 is 2.75 bits per heavy atom. The third kappa shape index (κ3) is 1.46. The number of hydrogen-bond donors (Lipinski definition) is 1. The van der Waals surface area contributed by atoms with E-state index in [1.165, 1.54) is 19.2 Å². The standard InChI is InChI=1S/C9H7ClO2/c1-3-6-4-7(10)5-8(12-2)9(6)11/h1,4-5,11H,2H3. The van der Waals surface area contributed by atoms with Gasteiger partial charge in [0.15, 0.2) is 11.5 Å². The Labute approximate surface area is 75.7 Å². The lowest BCUT2D eigenvalue weighted by Crippen LogP contribution is -1.86. The molecule has 0 unspecified atom stereocenters. The Balaban J connectivity index is 3.34. The van der Waals surface area contributed by atoms with E-state index in [1.807, 2.05) is 0 Å². The lowest BCUT2D eigenvalue weighted by Gasteiger charge is -2.04. The van der Waals surface area contributed by atoms with E-state index >= 15 is 0 Å². The van der Waals surface area contributed by atoms with Gasteiger partial charge in [-0.1, -0.05) is 17.5 Å². The first-order valence-electron chi connectivity index (χ1n) is 3.22. The number of phenolic OH excluding ortho intramolecular Hbond substituents is 1. The topological polar surface area (TPSA) is 29.5 Å². The third-order valence-electron chi connectivity index (χ3n) is 1.42. The van der Waals surface area contributed by atoms with Crippen LogP contribution in [0.15, 0.2) is 12.1 Å². The Morgan fingerprint density at radius 1 is 1.58 bits per heavy atom. The number of rotatable bonds is 1. The highest BCUT2D eigenvalue weighted by molar-refractivity contribution is 6.30. The van der Waals surface area contributed by atoms with Crippen LogP contribution in [0.1, 0.15) is 5.56 Å².